The summed E-state index contributed by atoms with van der Waals surface area (Å²) in [5.74, 6) is 0.136. The summed E-state index contributed by atoms with van der Waals surface area (Å²) >= 11 is 0. The molecule has 0 saturated heterocycles. The molecule has 0 radical (unpaired) electrons. The molecule has 0 bridgehead atoms. The predicted octanol–water partition coefficient (Wildman–Crippen LogP) is 1.09. The van der Waals surface area contributed by atoms with Crippen LogP contribution in [-0.4, -0.2) is 24.1 Å². The number of amides is 1. The van der Waals surface area contributed by atoms with Gasteiger partial charge in [0.25, 0.3) is 0 Å². The van der Waals surface area contributed by atoms with Crippen molar-refractivity contribution in [3.63, 3.8) is 0 Å². The molecule has 1 aromatic carbocycles. The summed E-state index contributed by atoms with van der Waals surface area (Å²) in [6, 6.07) is 6.64. The van der Waals surface area contributed by atoms with Gasteiger partial charge in [-0.3, -0.25) is 4.79 Å². The molecule has 0 saturated carbocycles. The molecule has 15 heavy (non-hydrogen) atoms. The van der Waals surface area contributed by atoms with Gasteiger partial charge in [0, 0.05) is 31.3 Å². The van der Waals surface area contributed by atoms with Crippen molar-refractivity contribution in [2.24, 2.45) is 5.73 Å². The van der Waals surface area contributed by atoms with Gasteiger partial charge < -0.3 is 15.7 Å². The van der Waals surface area contributed by atoms with E-state index in [0.717, 1.165) is 0 Å². The highest BCUT2D eigenvalue weighted by Crippen LogP contribution is 2.20. The van der Waals surface area contributed by atoms with Gasteiger partial charge in [-0.15, -0.1) is 0 Å². The van der Waals surface area contributed by atoms with Crippen LogP contribution in [0, 0.1) is 0 Å². The first-order chi connectivity index (χ1) is 7.19. The van der Waals surface area contributed by atoms with Gasteiger partial charge in [-0.25, -0.2) is 0 Å². The standard InChI is InChI=1S/C11H16N2O2/c1-2-13(11(15)6-7-12)9-4-3-5-10(14)8-9/h3-5,8,14H,2,6-7,12H2,1H3. The van der Waals surface area contributed by atoms with Gasteiger partial charge in [0.15, 0.2) is 0 Å². The van der Waals surface area contributed by atoms with Gasteiger partial charge in [0.2, 0.25) is 5.91 Å². The van der Waals surface area contributed by atoms with Crippen LogP contribution < -0.4 is 10.6 Å². The first-order valence-corrected chi connectivity index (χ1v) is 4.98. The lowest BCUT2D eigenvalue weighted by Gasteiger charge is -2.20. The number of rotatable bonds is 4. The lowest BCUT2D eigenvalue weighted by molar-refractivity contribution is -0.118. The molecule has 0 aliphatic carbocycles. The fourth-order valence-corrected chi connectivity index (χ4v) is 1.42. The number of nitrogens with zero attached hydrogens (tertiary/aromatic N) is 1. The van der Waals surface area contributed by atoms with Crippen LogP contribution in [0.2, 0.25) is 0 Å². The maximum absolute atomic E-state index is 11.7. The Kier molecular flexibility index (Phi) is 4.12. The van der Waals surface area contributed by atoms with Crippen LogP contribution in [0.4, 0.5) is 5.69 Å². The second kappa shape index (κ2) is 5.36. The topological polar surface area (TPSA) is 66.6 Å². The van der Waals surface area contributed by atoms with E-state index in [-0.39, 0.29) is 11.7 Å². The smallest absolute Gasteiger partial charge is 0.228 e. The van der Waals surface area contributed by atoms with Crippen LogP contribution >= 0.6 is 0 Å². The third-order valence-corrected chi connectivity index (χ3v) is 2.12. The zero-order valence-corrected chi connectivity index (χ0v) is 8.81. The van der Waals surface area contributed by atoms with E-state index in [1.807, 2.05) is 6.92 Å². The largest absolute Gasteiger partial charge is 0.508 e. The lowest BCUT2D eigenvalue weighted by Crippen LogP contribution is -2.31. The van der Waals surface area contributed by atoms with Crippen molar-refractivity contribution < 1.29 is 9.90 Å². The first-order valence-electron chi connectivity index (χ1n) is 4.98. The average molecular weight is 208 g/mol. The molecule has 0 aliphatic rings. The van der Waals surface area contributed by atoms with Crippen LogP contribution in [0.3, 0.4) is 0 Å². The third-order valence-electron chi connectivity index (χ3n) is 2.12. The SMILES string of the molecule is CCN(C(=O)CCN)c1cccc(O)c1. The second-order valence-electron chi connectivity index (χ2n) is 3.20. The minimum atomic E-state index is -0.0226. The number of nitrogens with two attached hydrogens (primary N) is 1. The highest BCUT2D eigenvalue weighted by Gasteiger charge is 2.12. The summed E-state index contributed by atoms with van der Waals surface area (Å²) in [7, 11) is 0. The zero-order chi connectivity index (χ0) is 11.3. The normalized spacial score (nSPS) is 10.0. The summed E-state index contributed by atoms with van der Waals surface area (Å²) in [4.78, 5) is 13.3. The number of hydrogen-bond donors (Lipinski definition) is 2. The van der Waals surface area contributed by atoms with E-state index in [4.69, 9.17) is 5.73 Å². The molecular weight excluding hydrogens is 192 g/mol. The Hall–Kier alpha value is -1.55. The summed E-state index contributed by atoms with van der Waals surface area (Å²) in [6.07, 6.45) is 0.323. The summed E-state index contributed by atoms with van der Waals surface area (Å²) in [6.45, 7) is 2.80. The van der Waals surface area contributed by atoms with Gasteiger partial charge in [0.1, 0.15) is 5.75 Å². The van der Waals surface area contributed by atoms with Crippen molar-refractivity contribution in [1.29, 1.82) is 0 Å². The molecule has 0 atom stereocenters. The van der Waals surface area contributed by atoms with Crippen molar-refractivity contribution in [2.45, 2.75) is 13.3 Å². The van der Waals surface area contributed by atoms with Crippen molar-refractivity contribution in [2.75, 3.05) is 18.0 Å². The van der Waals surface area contributed by atoms with E-state index >= 15 is 0 Å². The number of anilines is 1. The van der Waals surface area contributed by atoms with Crippen molar-refractivity contribution >= 4 is 11.6 Å². The molecule has 0 fully saturated rings. The van der Waals surface area contributed by atoms with Gasteiger partial charge in [0.05, 0.1) is 0 Å². The number of hydrogen-bond acceptors (Lipinski definition) is 3. The Bertz CT molecular complexity index is 339. The average Bonchev–Trinajstić information content (AvgIpc) is 2.19. The predicted molar refractivity (Wildman–Crippen MR) is 59.8 cm³/mol. The summed E-state index contributed by atoms with van der Waals surface area (Å²) < 4.78 is 0. The Balaban J connectivity index is 2.87. The Morgan fingerprint density at radius 2 is 2.27 bits per heavy atom. The Labute approximate surface area is 89.3 Å². The molecular formula is C11H16N2O2. The molecule has 1 amide bonds. The molecule has 82 valence electrons. The molecule has 4 nitrogen and oxygen atoms in total. The van der Waals surface area contributed by atoms with Gasteiger partial charge >= 0.3 is 0 Å². The summed E-state index contributed by atoms with van der Waals surface area (Å²) in [5, 5.41) is 9.31. The van der Waals surface area contributed by atoms with Crippen molar-refractivity contribution in [1.82, 2.24) is 0 Å². The zero-order valence-electron chi connectivity index (χ0n) is 8.81. The molecule has 0 aliphatic heterocycles. The molecule has 3 N–H and O–H groups in total. The van der Waals surface area contributed by atoms with E-state index in [0.29, 0.717) is 25.2 Å². The molecule has 0 aromatic heterocycles. The molecule has 0 unspecified atom stereocenters. The van der Waals surface area contributed by atoms with Crippen LogP contribution in [0.5, 0.6) is 5.75 Å². The van der Waals surface area contributed by atoms with Crippen LogP contribution in [-0.2, 0) is 4.79 Å². The van der Waals surface area contributed by atoms with E-state index in [1.165, 1.54) is 0 Å². The Morgan fingerprint density at radius 1 is 1.53 bits per heavy atom. The van der Waals surface area contributed by atoms with Gasteiger partial charge in [-0.2, -0.15) is 0 Å². The number of phenols is 1. The van der Waals surface area contributed by atoms with Crippen LogP contribution in [0.1, 0.15) is 13.3 Å². The number of aromatic hydroxyl groups is 1. The van der Waals surface area contributed by atoms with E-state index in [2.05, 4.69) is 0 Å². The molecule has 1 rings (SSSR count). The summed E-state index contributed by atoms with van der Waals surface area (Å²) in [5.41, 5.74) is 6.04. The quantitative estimate of drug-likeness (QED) is 0.778. The molecule has 0 heterocycles. The molecule has 4 heteroatoms. The van der Waals surface area contributed by atoms with E-state index in [9.17, 15) is 9.90 Å². The number of benzene rings is 1. The minimum Gasteiger partial charge on any atom is -0.508 e. The minimum absolute atomic E-state index is 0.0226. The molecule has 0 spiro atoms. The highest BCUT2D eigenvalue weighted by molar-refractivity contribution is 5.93. The number of phenolic OH excluding ortho intramolecular Hbond substituents is 1. The highest BCUT2D eigenvalue weighted by atomic mass is 16.3. The van der Waals surface area contributed by atoms with Gasteiger partial charge in [-0.1, -0.05) is 6.07 Å². The van der Waals surface area contributed by atoms with Crippen LogP contribution in [0.25, 0.3) is 0 Å². The van der Waals surface area contributed by atoms with Gasteiger partial charge in [-0.05, 0) is 19.1 Å². The number of carbonyl (C=O) groups excluding carboxylic acids is 1. The lowest BCUT2D eigenvalue weighted by atomic mass is 10.2. The van der Waals surface area contributed by atoms with E-state index in [1.54, 1.807) is 29.2 Å². The maximum Gasteiger partial charge on any atom is 0.228 e. The second-order valence-corrected chi connectivity index (χ2v) is 3.20. The first kappa shape index (κ1) is 11.5. The number of carbonyl (C=O) groups is 1. The van der Waals surface area contributed by atoms with Crippen molar-refractivity contribution in [3.05, 3.63) is 24.3 Å². The monoisotopic (exact) mass is 208 g/mol. The maximum atomic E-state index is 11.7. The van der Waals surface area contributed by atoms with Crippen molar-refractivity contribution in [3.8, 4) is 5.75 Å². The fourth-order valence-electron chi connectivity index (χ4n) is 1.42. The Morgan fingerprint density at radius 3 is 2.80 bits per heavy atom. The fraction of sp³-hybridized carbons (Fsp3) is 0.364. The van der Waals surface area contributed by atoms with E-state index < -0.39 is 0 Å². The molecule has 1 aromatic rings. The third kappa shape index (κ3) is 2.95. The van der Waals surface area contributed by atoms with Crippen LogP contribution in [0.15, 0.2) is 24.3 Å².